The van der Waals surface area contributed by atoms with Crippen molar-refractivity contribution in [3.8, 4) is 0 Å². The van der Waals surface area contributed by atoms with Crippen LogP contribution in [0.15, 0.2) is 0 Å². The van der Waals surface area contributed by atoms with Crippen molar-refractivity contribution >= 4 is 12.0 Å². The highest BCUT2D eigenvalue weighted by Gasteiger charge is 2.35. The number of carbonyl (C=O) groups excluding carboxylic acids is 1. The van der Waals surface area contributed by atoms with Crippen molar-refractivity contribution in [1.82, 2.24) is 10.2 Å². The van der Waals surface area contributed by atoms with Gasteiger partial charge in [-0.05, 0) is 32.6 Å². The summed E-state index contributed by atoms with van der Waals surface area (Å²) in [5.41, 5.74) is -0.124. The van der Waals surface area contributed by atoms with Crippen LogP contribution in [0.3, 0.4) is 0 Å². The molecule has 0 saturated carbocycles. The zero-order valence-electron chi connectivity index (χ0n) is 11.7. The molecule has 1 aliphatic heterocycles. The molecule has 0 aromatic heterocycles. The van der Waals surface area contributed by atoms with Gasteiger partial charge in [0.1, 0.15) is 0 Å². The fourth-order valence-corrected chi connectivity index (χ4v) is 2.38. The Labute approximate surface area is 109 Å². The summed E-state index contributed by atoms with van der Waals surface area (Å²) in [5, 5.41) is 11.8. The van der Waals surface area contributed by atoms with Crippen molar-refractivity contribution in [3.63, 3.8) is 0 Å². The van der Waals surface area contributed by atoms with Crippen LogP contribution in [0.25, 0.3) is 0 Å². The van der Waals surface area contributed by atoms with Gasteiger partial charge in [-0.25, -0.2) is 4.79 Å². The number of aliphatic carboxylic acids is 1. The first-order valence-corrected chi connectivity index (χ1v) is 6.54. The maximum absolute atomic E-state index is 12.0. The average Bonchev–Trinajstić information content (AvgIpc) is 2.56. The second-order valence-electron chi connectivity index (χ2n) is 5.94. The number of hydrogen-bond acceptors (Lipinski definition) is 2. The molecule has 1 rings (SSSR count). The van der Waals surface area contributed by atoms with Crippen molar-refractivity contribution in [2.45, 2.75) is 46.1 Å². The van der Waals surface area contributed by atoms with Gasteiger partial charge in [-0.3, -0.25) is 4.79 Å². The van der Waals surface area contributed by atoms with E-state index in [9.17, 15) is 9.59 Å². The largest absolute Gasteiger partial charge is 0.481 e. The van der Waals surface area contributed by atoms with E-state index in [1.807, 2.05) is 27.7 Å². The predicted molar refractivity (Wildman–Crippen MR) is 69.4 cm³/mol. The molecular formula is C13H24N2O3. The molecule has 0 spiro atoms. The van der Waals surface area contributed by atoms with Crippen LogP contribution in [0.1, 0.15) is 40.5 Å². The van der Waals surface area contributed by atoms with Crippen LogP contribution in [-0.2, 0) is 4.79 Å². The van der Waals surface area contributed by atoms with Gasteiger partial charge >= 0.3 is 12.0 Å². The predicted octanol–water partition coefficient (Wildman–Crippen LogP) is 1.93. The molecule has 0 radical (unpaired) electrons. The minimum absolute atomic E-state index is 0.00869. The quantitative estimate of drug-likeness (QED) is 0.807. The summed E-state index contributed by atoms with van der Waals surface area (Å²) in [6.45, 7) is 8.72. The van der Waals surface area contributed by atoms with E-state index < -0.39 is 11.9 Å². The first-order valence-electron chi connectivity index (χ1n) is 6.54. The molecule has 5 nitrogen and oxygen atoms in total. The highest BCUT2D eigenvalue weighted by molar-refractivity contribution is 5.77. The number of likely N-dealkylation sites (tertiary alicyclic amines) is 1. The first-order chi connectivity index (χ1) is 8.25. The van der Waals surface area contributed by atoms with Crippen LogP contribution < -0.4 is 5.32 Å². The Kier molecular flexibility index (Phi) is 4.59. The lowest BCUT2D eigenvalue weighted by Crippen LogP contribution is -2.49. The van der Waals surface area contributed by atoms with Crippen LogP contribution >= 0.6 is 0 Å². The van der Waals surface area contributed by atoms with Crippen molar-refractivity contribution in [2.24, 2.45) is 11.8 Å². The van der Waals surface area contributed by atoms with Gasteiger partial charge < -0.3 is 15.3 Å². The van der Waals surface area contributed by atoms with Crippen LogP contribution in [0, 0.1) is 11.8 Å². The second-order valence-corrected chi connectivity index (χ2v) is 5.94. The summed E-state index contributed by atoms with van der Waals surface area (Å²) >= 11 is 0. The third-order valence-electron chi connectivity index (χ3n) is 3.74. The number of amides is 2. The SMILES string of the molecule is CC(C)C(CNC(=O)N1CCCC1(C)C)C(=O)O. The van der Waals surface area contributed by atoms with E-state index >= 15 is 0 Å². The number of hydrogen-bond donors (Lipinski definition) is 2. The smallest absolute Gasteiger partial charge is 0.317 e. The highest BCUT2D eigenvalue weighted by atomic mass is 16.4. The molecule has 1 atom stereocenters. The molecule has 2 amide bonds. The molecular weight excluding hydrogens is 232 g/mol. The number of carbonyl (C=O) groups is 2. The molecule has 0 aromatic rings. The molecule has 5 heteroatoms. The minimum atomic E-state index is -0.856. The summed E-state index contributed by atoms with van der Waals surface area (Å²) < 4.78 is 0. The third kappa shape index (κ3) is 3.37. The lowest BCUT2D eigenvalue weighted by atomic mass is 9.96. The molecule has 2 N–H and O–H groups in total. The van der Waals surface area contributed by atoms with Gasteiger partial charge in [-0.1, -0.05) is 13.8 Å². The average molecular weight is 256 g/mol. The molecule has 0 aromatic carbocycles. The highest BCUT2D eigenvalue weighted by Crippen LogP contribution is 2.27. The zero-order chi connectivity index (χ0) is 13.9. The van der Waals surface area contributed by atoms with E-state index in [4.69, 9.17) is 5.11 Å². The van der Waals surface area contributed by atoms with E-state index in [2.05, 4.69) is 5.32 Å². The number of carboxylic acid groups (broad SMARTS) is 1. The van der Waals surface area contributed by atoms with Crippen LogP contribution in [-0.4, -0.2) is 40.6 Å². The molecule has 0 aliphatic carbocycles. The summed E-state index contributed by atoms with van der Waals surface area (Å²) in [7, 11) is 0. The first kappa shape index (κ1) is 14.8. The second kappa shape index (κ2) is 5.59. The molecule has 18 heavy (non-hydrogen) atoms. The number of nitrogens with zero attached hydrogens (tertiary/aromatic N) is 1. The summed E-state index contributed by atoms with van der Waals surface area (Å²) in [6, 6.07) is -0.149. The van der Waals surface area contributed by atoms with Crippen molar-refractivity contribution in [2.75, 3.05) is 13.1 Å². The standard InChI is InChI=1S/C13H24N2O3/c1-9(2)10(11(16)17)8-14-12(18)15-7-5-6-13(15,3)4/h9-10H,5-8H2,1-4H3,(H,14,18)(H,16,17). The van der Waals surface area contributed by atoms with Crippen LogP contribution in [0.2, 0.25) is 0 Å². The van der Waals surface area contributed by atoms with Gasteiger partial charge in [0.25, 0.3) is 0 Å². The normalized spacial score (nSPS) is 19.9. The fraction of sp³-hybridized carbons (Fsp3) is 0.846. The monoisotopic (exact) mass is 256 g/mol. The Bertz CT molecular complexity index is 326. The molecule has 1 saturated heterocycles. The summed E-state index contributed by atoms with van der Waals surface area (Å²) in [4.78, 5) is 24.9. The van der Waals surface area contributed by atoms with Gasteiger partial charge in [0.05, 0.1) is 5.92 Å². The third-order valence-corrected chi connectivity index (χ3v) is 3.74. The Balaban J connectivity index is 2.53. The summed E-state index contributed by atoms with van der Waals surface area (Å²) in [5.74, 6) is -1.37. The van der Waals surface area contributed by atoms with Crippen LogP contribution in [0.5, 0.6) is 0 Å². The van der Waals surface area contributed by atoms with E-state index in [-0.39, 0.29) is 24.0 Å². The molecule has 104 valence electrons. The molecule has 1 heterocycles. The van der Waals surface area contributed by atoms with E-state index in [1.54, 1.807) is 4.90 Å². The molecule has 1 aliphatic rings. The van der Waals surface area contributed by atoms with Gasteiger partial charge in [-0.2, -0.15) is 0 Å². The van der Waals surface area contributed by atoms with Gasteiger partial charge in [0, 0.05) is 18.6 Å². The van der Waals surface area contributed by atoms with Crippen molar-refractivity contribution in [3.05, 3.63) is 0 Å². The fourth-order valence-electron chi connectivity index (χ4n) is 2.38. The minimum Gasteiger partial charge on any atom is -0.481 e. The Morgan fingerprint density at radius 2 is 2.00 bits per heavy atom. The van der Waals surface area contributed by atoms with E-state index in [1.165, 1.54) is 0 Å². The van der Waals surface area contributed by atoms with Crippen molar-refractivity contribution in [1.29, 1.82) is 0 Å². The zero-order valence-corrected chi connectivity index (χ0v) is 11.7. The lowest BCUT2D eigenvalue weighted by Gasteiger charge is -2.32. The lowest BCUT2D eigenvalue weighted by molar-refractivity contribution is -0.142. The number of rotatable bonds is 4. The maximum atomic E-state index is 12.0. The van der Waals surface area contributed by atoms with Gasteiger partial charge in [0.15, 0.2) is 0 Å². The molecule has 1 unspecified atom stereocenters. The molecule has 0 bridgehead atoms. The number of nitrogens with one attached hydrogen (secondary N) is 1. The van der Waals surface area contributed by atoms with Gasteiger partial charge in [0.2, 0.25) is 0 Å². The number of carboxylic acids is 1. The Morgan fingerprint density at radius 3 is 2.39 bits per heavy atom. The van der Waals surface area contributed by atoms with Crippen LogP contribution in [0.4, 0.5) is 4.79 Å². The van der Waals surface area contributed by atoms with E-state index in [0.717, 1.165) is 19.4 Å². The molecule has 1 fully saturated rings. The summed E-state index contributed by atoms with van der Waals surface area (Å²) in [6.07, 6.45) is 2.00. The maximum Gasteiger partial charge on any atom is 0.317 e. The number of urea groups is 1. The Morgan fingerprint density at radius 1 is 1.39 bits per heavy atom. The van der Waals surface area contributed by atoms with Crippen molar-refractivity contribution < 1.29 is 14.7 Å². The van der Waals surface area contributed by atoms with Gasteiger partial charge in [-0.15, -0.1) is 0 Å². The Hall–Kier alpha value is -1.26. The van der Waals surface area contributed by atoms with E-state index in [0.29, 0.717) is 0 Å². The topological polar surface area (TPSA) is 69.6 Å².